The van der Waals surface area contributed by atoms with Gasteiger partial charge in [0.25, 0.3) is 0 Å². The summed E-state index contributed by atoms with van der Waals surface area (Å²) in [7, 11) is 0. The van der Waals surface area contributed by atoms with Crippen molar-refractivity contribution < 1.29 is 20.8 Å². The second-order valence-electron chi connectivity index (χ2n) is 4.00. The molecule has 0 aromatic heterocycles. The van der Waals surface area contributed by atoms with E-state index in [0.29, 0.717) is 43.7 Å². The summed E-state index contributed by atoms with van der Waals surface area (Å²) in [5, 5.41) is 0.693. The molecule has 0 heterocycles. The van der Waals surface area contributed by atoms with Gasteiger partial charge >= 0.3 is 119 Å². The molecule has 5 nitrogen and oxygen atoms in total. The second-order valence-corrected chi connectivity index (χ2v) is 9.73. The maximum absolute atomic E-state index is 11.2. The first kappa shape index (κ1) is 18.6. The van der Waals surface area contributed by atoms with Gasteiger partial charge in [-0.2, -0.15) is 0 Å². The number of rotatable bonds is 11. The molecule has 0 unspecified atom stereocenters. The molecule has 0 aliphatic rings. The van der Waals surface area contributed by atoms with E-state index in [9.17, 15) is 4.79 Å². The Morgan fingerprint density at radius 2 is 1.53 bits per heavy atom. The minimum atomic E-state index is -3.16. The van der Waals surface area contributed by atoms with Crippen LogP contribution >= 0.6 is 0 Å². The SMILES string of the molecule is C=C(C)C(=O)OCC[CH2][Ge]([O]CC)([O]CC)[O]CC. The fourth-order valence-corrected chi connectivity index (χ4v) is 6.99. The predicted octanol–water partition coefficient (Wildman–Crippen LogP) is 2.54. The Morgan fingerprint density at radius 1 is 1.05 bits per heavy atom. The van der Waals surface area contributed by atoms with Crippen molar-refractivity contribution in [2.24, 2.45) is 0 Å². The Kier molecular flexibility index (Phi) is 10.2. The summed E-state index contributed by atoms with van der Waals surface area (Å²) in [6, 6.07) is 0. The van der Waals surface area contributed by atoms with Gasteiger partial charge in [-0.15, -0.1) is 0 Å². The first-order valence-electron chi connectivity index (χ1n) is 6.75. The van der Waals surface area contributed by atoms with E-state index in [1.54, 1.807) is 6.92 Å². The Bertz CT molecular complexity index is 263. The van der Waals surface area contributed by atoms with Crippen LogP contribution in [0, 0.1) is 0 Å². The molecule has 112 valence electrons. The van der Waals surface area contributed by atoms with Crippen LogP contribution in [0.4, 0.5) is 0 Å². The van der Waals surface area contributed by atoms with Crippen molar-refractivity contribution in [2.75, 3.05) is 26.4 Å². The van der Waals surface area contributed by atoms with Crippen molar-refractivity contribution in [1.82, 2.24) is 0 Å². The monoisotopic (exact) mass is 336 g/mol. The molecule has 19 heavy (non-hydrogen) atoms. The van der Waals surface area contributed by atoms with Gasteiger partial charge in [0.1, 0.15) is 0 Å². The van der Waals surface area contributed by atoms with Crippen LogP contribution < -0.4 is 0 Å². The molecule has 0 aliphatic heterocycles. The zero-order valence-corrected chi connectivity index (χ0v) is 14.6. The molecule has 0 N–H and O–H groups in total. The minimum absolute atomic E-state index is 0.339. The van der Waals surface area contributed by atoms with E-state index >= 15 is 0 Å². The van der Waals surface area contributed by atoms with Crippen molar-refractivity contribution in [3.63, 3.8) is 0 Å². The van der Waals surface area contributed by atoms with Crippen LogP contribution in [-0.4, -0.2) is 46.7 Å². The molecule has 0 aromatic rings. The van der Waals surface area contributed by atoms with Crippen LogP contribution in [0.1, 0.15) is 34.1 Å². The third kappa shape index (κ3) is 7.72. The van der Waals surface area contributed by atoms with Crippen LogP contribution in [0.2, 0.25) is 5.25 Å². The molecule has 0 rings (SSSR count). The van der Waals surface area contributed by atoms with Gasteiger partial charge in [0, 0.05) is 0 Å². The first-order valence-corrected chi connectivity index (χ1v) is 10.8. The topological polar surface area (TPSA) is 54.0 Å². The fraction of sp³-hybridized carbons (Fsp3) is 0.769. The molecule has 0 bridgehead atoms. The Hall–Kier alpha value is -0.367. The third-order valence-corrected chi connectivity index (χ3v) is 8.91. The van der Waals surface area contributed by atoms with E-state index in [1.165, 1.54) is 0 Å². The number of hydrogen-bond donors (Lipinski definition) is 0. The normalized spacial score (nSPS) is 11.4. The van der Waals surface area contributed by atoms with Gasteiger partial charge in [0.05, 0.1) is 0 Å². The molecule has 0 radical (unpaired) electrons. The Labute approximate surface area is 119 Å². The standard InChI is InChI=1S/C13H26GeO5/c1-6-17-14(18-7-2,19-8-3)10-9-11-16-13(15)12(4)5/h4,6-11H2,1-3,5H3. The van der Waals surface area contributed by atoms with Gasteiger partial charge in [-0.25, -0.2) is 0 Å². The number of esters is 1. The fourth-order valence-electron chi connectivity index (χ4n) is 1.58. The molecule has 0 atom stereocenters. The molecule has 0 amide bonds. The number of carbonyl (C=O) groups excluding carboxylic acids is 1. The Balaban J connectivity index is 4.24. The number of carbonyl (C=O) groups is 1. The molecular weight excluding hydrogens is 309 g/mol. The number of hydrogen-bond acceptors (Lipinski definition) is 5. The van der Waals surface area contributed by atoms with E-state index in [0.717, 1.165) is 0 Å². The summed E-state index contributed by atoms with van der Waals surface area (Å²) in [5.74, 6) is -0.359. The van der Waals surface area contributed by atoms with Crippen molar-refractivity contribution in [2.45, 2.75) is 39.4 Å². The quantitative estimate of drug-likeness (QED) is 0.251. The number of ether oxygens (including phenoxy) is 1. The summed E-state index contributed by atoms with van der Waals surface area (Å²) < 4.78 is 22.3. The van der Waals surface area contributed by atoms with E-state index < -0.39 is 14.3 Å². The van der Waals surface area contributed by atoms with Gasteiger partial charge in [-0.05, 0) is 0 Å². The van der Waals surface area contributed by atoms with E-state index in [2.05, 4.69) is 6.58 Å². The summed E-state index contributed by atoms with van der Waals surface area (Å²) in [4.78, 5) is 11.2. The second kappa shape index (κ2) is 10.4. The molecule has 0 fully saturated rings. The average molecular weight is 335 g/mol. The van der Waals surface area contributed by atoms with Gasteiger partial charge in [-0.3, -0.25) is 0 Å². The molecule has 0 spiro atoms. The first-order chi connectivity index (χ1) is 9.01. The van der Waals surface area contributed by atoms with Crippen LogP contribution in [0.3, 0.4) is 0 Å². The molecule has 0 saturated carbocycles. The third-order valence-electron chi connectivity index (χ3n) is 2.30. The average Bonchev–Trinajstić information content (AvgIpc) is 2.35. The van der Waals surface area contributed by atoms with Crippen LogP contribution in [0.5, 0.6) is 0 Å². The Morgan fingerprint density at radius 3 is 1.89 bits per heavy atom. The van der Waals surface area contributed by atoms with Crippen LogP contribution in [-0.2, 0) is 20.8 Å². The van der Waals surface area contributed by atoms with Gasteiger partial charge in [-0.1, -0.05) is 0 Å². The van der Waals surface area contributed by atoms with Crippen molar-refractivity contribution in [3.05, 3.63) is 12.2 Å². The van der Waals surface area contributed by atoms with Crippen molar-refractivity contribution in [3.8, 4) is 0 Å². The summed E-state index contributed by atoms with van der Waals surface area (Å²) in [6.07, 6.45) is 0.680. The predicted molar refractivity (Wildman–Crippen MR) is 75.8 cm³/mol. The van der Waals surface area contributed by atoms with Crippen LogP contribution in [0.25, 0.3) is 0 Å². The van der Waals surface area contributed by atoms with Gasteiger partial charge in [0.15, 0.2) is 0 Å². The zero-order valence-electron chi connectivity index (χ0n) is 12.5. The maximum atomic E-state index is 11.2. The zero-order chi connectivity index (χ0) is 14.7. The molecule has 6 heteroatoms. The van der Waals surface area contributed by atoms with Crippen LogP contribution in [0.15, 0.2) is 12.2 Å². The van der Waals surface area contributed by atoms with E-state index in [1.807, 2.05) is 20.8 Å². The van der Waals surface area contributed by atoms with Crippen molar-refractivity contribution >= 4 is 20.2 Å². The molecule has 0 saturated heterocycles. The summed E-state index contributed by atoms with van der Waals surface area (Å²) >= 11 is -3.16. The summed E-state index contributed by atoms with van der Waals surface area (Å²) in [6.45, 7) is 13.0. The molecule has 0 aliphatic carbocycles. The van der Waals surface area contributed by atoms with Gasteiger partial charge < -0.3 is 0 Å². The molecule has 0 aromatic carbocycles. The summed E-state index contributed by atoms with van der Waals surface area (Å²) in [5.41, 5.74) is 0.409. The van der Waals surface area contributed by atoms with Gasteiger partial charge in [0.2, 0.25) is 0 Å². The van der Waals surface area contributed by atoms with E-state index in [4.69, 9.17) is 16.0 Å². The van der Waals surface area contributed by atoms with Crippen molar-refractivity contribution in [1.29, 1.82) is 0 Å². The molecular formula is C13H26GeO5. The van der Waals surface area contributed by atoms with E-state index in [-0.39, 0.29) is 5.97 Å².